The molecule has 3 aliphatic rings. The van der Waals surface area contributed by atoms with E-state index in [0.717, 1.165) is 29.7 Å². The monoisotopic (exact) mass is 404 g/mol. The molecule has 0 saturated carbocycles. The van der Waals surface area contributed by atoms with Crippen molar-refractivity contribution in [2.24, 2.45) is 0 Å². The molecule has 3 fully saturated rings. The summed E-state index contributed by atoms with van der Waals surface area (Å²) in [5.74, 6) is -0.938. The van der Waals surface area contributed by atoms with Gasteiger partial charge in [0, 0.05) is 6.61 Å². The number of hydrogen-bond acceptors (Lipinski definition) is 6. The van der Waals surface area contributed by atoms with Gasteiger partial charge in [0.05, 0.1) is 12.6 Å². The lowest BCUT2D eigenvalue weighted by Crippen LogP contribution is -2.70. The van der Waals surface area contributed by atoms with E-state index in [4.69, 9.17) is 14.2 Å². The lowest BCUT2D eigenvalue weighted by Gasteiger charge is -2.45. The lowest BCUT2D eigenvalue weighted by atomic mass is 9.94. The number of hydrogen-bond donors (Lipinski definition) is 1. The molecule has 156 valence electrons. The van der Waals surface area contributed by atoms with E-state index in [2.05, 4.69) is 0 Å². The zero-order chi connectivity index (χ0) is 20.4. The van der Waals surface area contributed by atoms with E-state index in [1.807, 2.05) is 30.3 Å². The van der Waals surface area contributed by atoms with E-state index < -0.39 is 42.4 Å². The average molecular weight is 404 g/mol. The maximum atomic E-state index is 12.5. The minimum Gasteiger partial charge on any atom is -0.465 e. The summed E-state index contributed by atoms with van der Waals surface area (Å²) in [5.41, 5.74) is 0.849. The molecule has 1 aromatic rings. The standard InChI is InChI=1S/C20H24N2O7/c23-15(28-12-13-6-2-1-3-7-13)11-21-17-14(29-16-8-4-5-9-27-16)10-22(20(25)26)18(17)19(21)24/h1-3,6-7,14,16-18H,4-5,8-12H2,(H,25,26)/t14?,16?,17?,18-/m0/s1. The molecule has 0 aliphatic carbocycles. The van der Waals surface area contributed by atoms with Crippen molar-refractivity contribution >= 4 is 18.0 Å². The van der Waals surface area contributed by atoms with Crippen LogP contribution in [0.2, 0.25) is 0 Å². The van der Waals surface area contributed by atoms with Crippen LogP contribution >= 0.6 is 0 Å². The highest BCUT2D eigenvalue weighted by Crippen LogP contribution is 2.36. The van der Waals surface area contributed by atoms with Gasteiger partial charge >= 0.3 is 12.1 Å². The summed E-state index contributed by atoms with van der Waals surface area (Å²) >= 11 is 0. The van der Waals surface area contributed by atoms with E-state index >= 15 is 0 Å². The Morgan fingerprint density at radius 2 is 2.00 bits per heavy atom. The van der Waals surface area contributed by atoms with Crippen LogP contribution in [0, 0.1) is 0 Å². The van der Waals surface area contributed by atoms with Crippen molar-refractivity contribution < 1.29 is 33.7 Å². The third-order valence-corrected chi connectivity index (χ3v) is 5.57. The maximum Gasteiger partial charge on any atom is 0.408 e. The van der Waals surface area contributed by atoms with Gasteiger partial charge in [0.25, 0.3) is 0 Å². The second-order valence-electron chi connectivity index (χ2n) is 7.45. The molecule has 0 radical (unpaired) electrons. The summed E-state index contributed by atoms with van der Waals surface area (Å²) in [6, 6.07) is 7.93. The van der Waals surface area contributed by atoms with Crippen LogP contribution in [-0.2, 0) is 30.4 Å². The molecule has 2 amide bonds. The second-order valence-corrected chi connectivity index (χ2v) is 7.45. The van der Waals surface area contributed by atoms with E-state index in [1.54, 1.807) is 0 Å². The quantitative estimate of drug-likeness (QED) is 0.561. The minimum absolute atomic E-state index is 0.0752. The van der Waals surface area contributed by atoms with Crippen LogP contribution in [0.25, 0.3) is 0 Å². The second kappa shape index (κ2) is 8.38. The number of fused-ring (bicyclic) bond motifs is 1. The third-order valence-electron chi connectivity index (χ3n) is 5.57. The number of likely N-dealkylation sites (tertiary alicyclic amines) is 2. The number of carboxylic acid groups (broad SMARTS) is 1. The van der Waals surface area contributed by atoms with E-state index in [0.29, 0.717) is 6.61 Å². The summed E-state index contributed by atoms with van der Waals surface area (Å²) in [6.07, 6.45) is 0.562. The van der Waals surface area contributed by atoms with Gasteiger partial charge in [-0.25, -0.2) is 4.79 Å². The van der Waals surface area contributed by atoms with Crippen molar-refractivity contribution in [3.05, 3.63) is 35.9 Å². The topological polar surface area (TPSA) is 106 Å². The number of benzene rings is 1. The van der Waals surface area contributed by atoms with Crippen LogP contribution in [0.4, 0.5) is 4.79 Å². The summed E-state index contributed by atoms with van der Waals surface area (Å²) < 4.78 is 16.8. The molecular formula is C20H24N2O7. The fourth-order valence-electron chi connectivity index (χ4n) is 4.13. The predicted molar refractivity (Wildman–Crippen MR) is 98.7 cm³/mol. The summed E-state index contributed by atoms with van der Waals surface area (Å²) in [6.45, 7) is 0.562. The number of ether oxygens (including phenoxy) is 3. The first kappa shape index (κ1) is 19.7. The normalized spacial score (nSPS) is 28.6. The molecule has 0 bridgehead atoms. The Morgan fingerprint density at radius 3 is 2.69 bits per heavy atom. The van der Waals surface area contributed by atoms with Gasteiger partial charge in [-0.2, -0.15) is 0 Å². The van der Waals surface area contributed by atoms with Crippen molar-refractivity contribution in [1.29, 1.82) is 0 Å². The Morgan fingerprint density at radius 1 is 1.21 bits per heavy atom. The van der Waals surface area contributed by atoms with Crippen LogP contribution < -0.4 is 0 Å². The van der Waals surface area contributed by atoms with E-state index in [-0.39, 0.29) is 19.7 Å². The van der Waals surface area contributed by atoms with Crippen LogP contribution in [0.15, 0.2) is 30.3 Å². The van der Waals surface area contributed by atoms with Gasteiger partial charge in [0.1, 0.15) is 25.3 Å². The lowest BCUT2D eigenvalue weighted by molar-refractivity contribution is -0.202. The van der Waals surface area contributed by atoms with Gasteiger partial charge in [0.15, 0.2) is 6.29 Å². The van der Waals surface area contributed by atoms with Gasteiger partial charge in [-0.1, -0.05) is 30.3 Å². The maximum absolute atomic E-state index is 12.5. The molecule has 4 rings (SSSR count). The highest BCUT2D eigenvalue weighted by Gasteiger charge is 2.61. The molecular weight excluding hydrogens is 380 g/mol. The van der Waals surface area contributed by atoms with Crippen molar-refractivity contribution in [2.45, 2.75) is 50.3 Å². The molecule has 0 aromatic heterocycles. The van der Waals surface area contributed by atoms with Gasteiger partial charge in [0.2, 0.25) is 5.91 Å². The number of rotatable bonds is 6. The van der Waals surface area contributed by atoms with Crippen LogP contribution in [0.3, 0.4) is 0 Å². The van der Waals surface area contributed by atoms with Crippen molar-refractivity contribution in [1.82, 2.24) is 9.80 Å². The Labute approximate surface area is 168 Å². The number of nitrogens with zero attached hydrogens (tertiary/aromatic N) is 2. The fraction of sp³-hybridized carbons (Fsp3) is 0.550. The van der Waals surface area contributed by atoms with E-state index in [9.17, 15) is 19.5 Å². The summed E-state index contributed by atoms with van der Waals surface area (Å²) in [7, 11) is 0. The molecule has 1 N–H and O–H groups in total. The smallest absolute Gasteiger partial charge is 0.408 e. The molecule has 9 nitrogen and oxygen atoms in total. The third kappa shape index (κ3) is 4.06. The SMILES string of the molecule is O=C(CN1C(=O)[C@@H]2C1C(OC1CCCCO1)CN2C(=O)O)OCc1ccccc1. The molecule has 0 spiro atoms. The molecule has 3 saturated heterocycles. The number of amides is 2. The number of esters is 1. The largest absolute Gasteiger partial charge is 0.465 e. The van der Waals surface area contributed by atoms with Crippen LogP contribution in [0.1, 0.15) is 24.8 Å². The number of β-lactam (4-membered cyclic amide) rings is 1. The van der Waals surface area contributed by atoms with Crippen molar-refractivity contribution in [3.63, 3.8) is 0 Å². The Hall–Kier alpha value is -2.65. The summed E-state index contributed by atoms with van der Waals surface area (Å²) in [4.78, 5) is 38.8. The first-order chi connectivity index (χ1) is 14.0. The zero-order valence-corrected chi connectivity index (χ0v) is 15.9. The molecule has 3 unspecified atom stereocenters. The fourth-order valence-corrected chi connectivity index (χ4v) is 4.13. The Kier molecular flexibility index (Phi) is 5.68. The molecule has 29 heavy (non-hydrogen) atoms. The zero-order valence-electron chi connectivity index (χ0n) is 15.9. The molecule has 3 aliphatic heterocycles. The highest BCUT2D eigenvalue weighted by atomic mass is 16.7. The number of carbonyl (C=O) groups is 3. The minimum atomic E-state index is -1.17. The summed E-state index contributed by atoms with van der Waals surface area (Å²) in [5, 5.41) is 9.43. The van der Waals surface area contributed by atoms with Gasteiger partial charge in [-0.3, -0.25) is 14.5 Å². The van der Waals surface area contributed by atoms with Crippen LogP contribution in [-0.4, -0.2) is 77.1 Å². The van der Waals surface area contributed by atoms with Crippen LogP contribution in [0.5, 0.6) is 0 Å². The predicted octanol–water partition coefficient (Wildman–Crippen LogP) is 1.21. The number of carbonyl (C=O) groups excluding carboxylic acids is 2. The molecule has 9 heteroatoms. The molecule has 1 aromatic carbocycles. The Balaban J connectivity index is 1.38. The average Bonchev–Trinajstić information content (AvgIpc) is 3.07. The van der Waals surface area contributed by atoms with E-state index in [1.165, 1.54) is 4.90 Å². The molecule has 4 atom stereocenters. The first-order valence-corrected chi connectivity index (χ1v) is 9.81. The Bertz CT molecular complexity index is 765. The van der Waals surface area contributed by atoms with Crippen molar-refractivity contribution in [3.8, 4) is 0 Å². The van der Waals surface area contributed by atoms with Gasteiger partial charge in [-0.05, 0) is 24.8 Å². The first-order valence-electron chi connectivity index (χ1n) is 9.81. The van der Waals surface area contributed by atoms with Gasteiger partial charge < -0.3 is 24.2 Å². The molecule has 3 heterocycles. The van der Waals surface area contributed by atoms with Crippen molar-refractivity contribution in [2.75, 3.05) is 19.7 Å². The highest BCUT2D eigenvalue weighted by molar-refractivity contribution is 5.95. The van der Waals surface area contributed by atoms with Gasteiger partial charge in [-0.15, -0.1) is 0 Å².